The van der Waals surface area contributed by atoms with E-state index in [0.29, 0.717) is 26.1 Å². The molecular weight excluding hydrogens is 336 g/mol. The van der Waals surface area contributed by atoms with Crippen molar-refractivity contribution < 1.29 is 28.5 Å². The van der Waals surface area contributed by atoms with E-state index in [0.717, 1.165) is 31.2 Å². The van der Waals surface area contributed by atoms with Crippen LogP contribution in [0.15, 0.2) is 30.3 Å². The van der Waals surface area contributed by atoms with Crippen molar-refractivity contribution >= 4 is 11.9 Å². The van der Waals surface area contributed by atoms with Crippen molar-refractivity contribution in [3.8, 4) is 0 Å². The fourth-order valence-electron chi connectivity index (χ4n) is 3.14. The number of ether oxygens (including phenoxy) is 4. The molecule has 6 heteroatoms. The number of hydrogen-bond donors (Lipinski definition) is 0. The lowest BCUT2D eigenvalue weighted by Gasteiger charge is -2.26. The summed E-state index contributed by atoms with van der Waals surface area (Å²) in [5, 5.41) is 0. The number of carbonyl (C=O) groups is 2. The van der Waals surface area contributed by atoms with E-state index in [1.54, 1.807) is 0 Å². The standard InChI is InChI=1S/C20H26O6/c21-19(25-17-10-4-6-12-23-17)16(14-15-8-2-1-3-9-15)20(22)26-18-11-5-7-13-24-18/h1-3,8-9,16-18H,4-7,10-14H2. The molecule has 2 fully saturated rings. The maximum absolute atomic E-state index is 12.7. The highest BCUT2D eigenvalue weighted by Gasteiger charge is 2.34. The molecule has 2 aliphatic heterocycles. The average Bonchev–Trinajstić information content (AvgIpc) is 2.68. The molecule has 0 amide bonds. The number of esters is 2. The highest BCUT2D eigenvalue weighted by atomic mass is 16.7. The second kappa shape index (κ2) is 9.69. The normalized spacial score (nSPS) is 24.5. The van der Waals surface area contributed by atoms with E-state index in [1.165, 1.54) is 0 Å². The van der Waals surface area contributed by atoms with Crippen molar-refractivity contribution in [3.63, 3.8) is 0 Å². The first-order valence-corrected chi connectivity index (χ1v) is 9.40. The summed E-state index contributed by atoms with van der Waals surface area (Å²) < 4.78 is 21.8. The number of benzene rings is 1. The fraction of sp³-hybridized carbons (Fsp3) is 0.600. The van der Waals surface area contributed by atoms with Crippen molar-refractivity contribution in [2.75, 3.05) is 13.2 Å². The van der Waals surface area contributed by atoms with Gasteiger partial charge in [-0.05, 0) is 37.7 Å². The summed E-state index contributed by atoms with van der Waals surface area (Å²) in [5.74, 6) is -2.21. The molecule has 1 aromatic carbocycles. The van der Waals surface area contributed by atoms with E-state index >= 15 is 0 Å². The summed E-state index contributed by atoms with van der Waals surface area (Å²) in [5.41, 5.74) is 0.875. The lowest BCUT2D eigenvalue weighted by Crippen LogP contribution is -2.37. The third-order valence-electron chi connectivity index (χ3n) is 4.62. The molecule has 3 rings (SSSR count). The van der Waals surface area contributed by atoms with E-state index in [4.69, 9.17) is 18.9 Å². The van der Waals surface area contributed by atoms with Crippen molar-refractivity contribution in [3.05, 3.63) is 35.9 Å². The van der Waals surface area contributed by atoms with Crippen LogP contribution in [0, 0.1) is 5.92 Å². The maximum Gasteiger partial charge on any atom is 0.322 e. The van der Waals surface area contributed by atoms with Gasteiger partial charge >= 0.3 is 11.9 Å². The SMILES string of the molecule is O=C(OC1CCCCO1)C(Cc1ccccc1)C(=O)OC1CCCCO1. The van der Waals surface area contributed by atoms with Crippen molar-refractivity contribution in [1.29, 1.82) is 0 Å². The van der Waals surface area contributed by atoms with Crippen LogP contribution in [0.2, 0.25) is 0 Å². The summed E-state index contributed by atoms with van der Waals surface area (Å²) >= 11 is 0. The molecule has 6 nitrogen and oxygen atoms in total. The molecule has 0 aliphatic carbocycles. The molecule has 1 aromatic rings. The van der Waals surface area contributed by atoms with Gasteiger partial charge in [-0.15, -0.1) is 0 Å². The first-order chi connectivity index (χ1) is 12.7. The minimum atomic E-state index is -1.02. The molecule has 0 N–H and O–H groups in total. The van der Waals surface area contributed by atoms with Crippen LogP contribution in [-0.2, 0) is 35.0 Å². The molecule has 2 atom stereocenters. The summed E-state index contributed by atoms with van der Waals surface area (Å²) in [6, 6.07) is 9.39. The lowest BCUT2D eigenvalue weighted by molar-refractivity contribution is -0.204. The zero-order valence-corrected chi connectivity index (χ0v) is 14.9. The zero-order chi connectivity index (χ0) is 18.2. The topological polar surface area (TPSA) is 71.1 Å². The van der Waals surface area contributed by atoms with Gasteiger partial charge in [-0.3, -0.25) is 9.59 Å². The Morgan fingerprint density at radius 3 is 1.88 bits per heavy atom. The molecule has 2 saturated heterocycles. The minimum Gasteiger partial charge on any atom is -0.435 e. The predicted molar refractivity (Wildman–Crippen MR) is 93.0 cm³/mol. The maximum atomic E-state index is 12.7. The minimum absolute atomic E-state index is 0.234. The van der Waals surface area contributed by atoms with Gasteiger partial charge in [0.15, 0.2) is 5.92 Å². The Morgan fingerprint density at radius 2 is 1.42 bits per heavy atom. The molecule has 2 unspecified atom stereocenters. The number of hydrogen-bond acceptors (Lipinski definition) is 6. The van der Waals surface area contributed by atoms with Crippen LogP contribution in [0.4, 0.5) is 0 Å². The Morgan fingerprint density at radius 1 is 0.885 bits per heavy atom. The molecular formula is C20H26O6. The van der Waals surface area contributed by atoms with E-state index in [2.05, 4.69) is 0 Å². The first kappa shape index (κ1) is 18.9. The predicted octanol–water partition coefficient (Wildman–Crippen LogP) is 2.98. The zero-order valence-electron chi connectivity index (χ0n) is 14.9. The van der Waals surface area contributed by atoms with Crippen molar-refractivity contribution in [2.24, 2.45) is 5.92 Å². The smallest absolute Gasteiger partial charge is 0.322 e. The van der Waals surface area contributed by atoms with E-state index < -0.39 is 30.4 Å². The van der Waals surface area contributed by atoms with Gasteiger partial charge in [0.25, 0.3) is 0 Å². The lowest BCUT2D eigenvalue weighted by atomic mass is 9.99. The molecule has 0 spiro atoms. The molecule has 2 heterocycles. The van der Waals surface area contributed by atoms with Crippen LogP contribution in [0.25, 0.3) is 0 Å². The third kappa shape index (κ3) is 5.54. The molecule has 142 valence electrons. The average molecular weight is 362 g/mol. The summed E-state index contributed by atoms with van der Waals surface area (Å²) in [6.45, 7) is 1.14. The third-order valence-corrected chi connectivity index (χ3v) is 4.62. The van der Waals surface area contributed by atoms with Crippen molar-refractivity contribution in [2.45, 2.75) is 57.5 Å². The van der Waals surface area contributed by atoms with Gasteiger partial charge in [-0.25, -0.2) is 0 Å². The second-order valence-corrected chi connectivity index (χ2v) is 6.71. The van der Waals surface area contributed by atoms with Gasteiger partial charge in [-0.2, -0.15) is 0 Å². The largest absolute Gasteiger partial charge is 0.435 e. The van der Waals surface area contributed by atoms with Gasteiger partial charge in [-0.1, -0.05) is 30.3 Å². The Balaban J connectivity index is 1.65. The van der Waals surface area contributed by atoms with Gasteiger partial charge < -0.3 is 18.9 Å². The van der Waals surface area contributed by atoms with Crippen LogP contribution in [-0.4, -0.2) is 37.7 Å². The number of carbonyl (C=O) groups excluding carboxylic acids is 2. The fourth-order valence-corrected chi connectivity index (χ4v) is 3.14. The molecule has 0 bridgehead atoms. The van der Waals surface area contributed by atoms with Gasteiger partial charge in [0.2, 0.25) is 12.6 Å². The van der Waals surface area contributed by atoms with E-state index in [1.807, 2.05) is 30.3 Å². The highest BCUT2D eigenvalue weighted by molar-refractivity contribution is 5.95. The Bertz CT molecular complexity index is 543. The molecule has 0 saturated carbocycles. The molecule has 2 aliphatic rings. The summed E-state index contributed by atoms with van der Waals surface area (Å²) in [6.07, 6.45) is 4.21. The van der Waals surface area contributed by atoms with Gasteiger partial charge in [0.1, 0.15) is 0 Å². The van der Waals surface area contributed by atoms with Gasteiger partial charge in [0, 0.05) is 12.8 Å². The second-order valence-electron chi connectivity index (χ2n) is 6.71. The van der Waals surface area contributed by atoms with E-state index in [-0.39, 0.29) is 6.42 Å². The van der Waals surface area contributed by atoms with Crippen LogP contribution >= 0.6 is 0 Å². The van der Waals surface area contributed by atoms with Crippen LogP contribution in [0.1, 0.15) is 44.1 Å². The van der Waals surface area contributed by atoms with Gasteiger partial charge in [0.05, 0.1) is 13.2 Å². The van der Waals surface area contributed by atoms with Crippen LogP contribution in [0.3, 0.4) is 0 Å². The number of rotatable bonds is 6. The van der Waals surface area contributed by atoms with Crippen LogP contribution in [0.5, 0.6) is 0 Å². The quantitative estimate of drug-likeness (QED) is 0.572. The summed E-state index contributed by atoms with van der Waals surface area (Å²) in [4.78, 5) is 25.3. The highest BCUT2D eigenvalue weighted by Crippen LogP contribution is 2.21. The first-order valence-electron chi connectivity index (χ1n) is 9.40. The monoisotopic (exact) mass is 362 g/mol. The Labute approximate surface area is 153 Å². The molecule has 26 heavy (non-hydrogen) atoms. The van der Waals surface area contributed by atoms with E-state index in [9.17, 15) is 9.59 Å². The molecule has 0 radical (unpaired) electrons. The van der Waals surface area contributed by atoms with Crippen LogP contribution < -0.4 is 0 Å². The Kier molecular flexibility index (Phi) is 7.03. The van der Waals surface area contributed by atoms with Crippen molar-refractivity contribution in [1.82, 2.24) is 0 Å². The Hall–Kier alpha value is -1.92. The summed E-state index contributed by atoms with van der Waals surface area (Å²) in [7, 11) is 0. The molecule has 0 aromatic heterocycles.